The van der Waals surface area contributed by atoms with Gasteiger partial charge >= 0.3 is 5.97 Å². The number of carboxylic acids is 1. The Balaban J connectivity index is 3.25. The van der Waals surface area contributed by atoms with E-state index in [1.807, 2.05) is 0 Å². The van der Waals surface area contributed by atoms with Gasteiger partial charge in [0.25, 0.3) is 0 Å². The summed E-state index contributed by atoms with van der Waals surface area (Å²) >= 11 is 3.19. The number of sulfone groups is 1. The van der Waals surface area contributed by atoms with Crippen molar-refractivity contribution in [2.24, 2.45) is 0 Å². The van der Waals surface area contributed by atoms with E-state index < -0.39 is 20.6 Å². The van der Waals surface area contributed by atoms with Gasteiger partial charge < -0.3 is 5.11 Å². The Bertz CT molecular complexity index is 512. The minimum atomic E-state index is -3.89. The quantitative estimate of drug-likeness (QED) is 0.811. The molecule has 0 heterocycles. The topological polar surface area (TPSA) is 71.4 Å². The molecule has 1 aromatic carbocycles. The van der Waals surface area contributed by atoms with Crippen LogP contribution in [-0.4, -0.2) is 29.6 Å². The van der Waals surface area contributed by atoms with Crippen molar-refractivity contribution in [3.63, 3.8) is 0 Å². The van der Waals surface area contributed by atoms with Gasteiger partial charge in [0, 0.05) is 5.33 Å². The second-order valence-electron chi connectivity index (χ2n) is 4.15. The molecule has 4 nitrogen and oxygen atoms in total. The highest BCUT2D eigenvalue weighted by Gasteiger charge is 2.46. The number of hydrogen-bond donors (Lipinski definition) is 1. The van der Waals surface area contributed by atoms with E-state index in [1.54, 1.807) is 18.2 Å². The highest BCUT2D eigenvalue weighted by atomic mass is 79.9. The first-order valence-electron chi connectivity index (χ1n) is 5.45. The fourth-order valence-corrected chi connectivity index (χ4v) is 3.58. The Morgan fingerprint density at radius 1 is 1.33 bits per heavy atom. The molecule has 0 radical (unpaired) electrons. The third-order valence-electron chi connectivity index (χ3n) is 2.89. The van der Waals surface area contributed by atoms with E-state index in [4.69, 9.17) is 0 Å². The second kappa shape index (κ2) is 5.84. The van der Waals surface area contributed by atoms with E-state index in [0.717, 1.165) is 0 Å². The summed E-state index contributed by atoms with van der Waals surface area (Å²) in [4.78, 5) is 11.4. The minimum absolute atomic E-state index is 0.0458. The van der Waals surface area contributed by atoms with Crippen molar-refractivity contribution >= 4 is 31.7 Å². The fraction of sp³-hybridized carbons (Fsp3) is 0.417. The van der Waals surface area contributed by atoms with Gasteiger partial charge in [-0.15, -0.1) is 0 Å². The first kappa shape index (κ1) is 15.2. The van der Waals surface area contributed by atoms with Gasteiger partial charge in [-0.1, -0.05) is 34.1 Å². The predicted molar refractivity (Wildman–Crippen MR) is 72.7 cm³/mol. The Morgan fingerprint density at radius 2 is 1.89 bits per heavy atom. The van der Waals surface area contributed by atoms with Crippen LogP contribution in [-0.2, 0) is 14.6 Å². The summed E-state index contributed by atoms with van der Waals surface area (Å²) in [6.07, 6.45) is 0.555. The lowest BCUT2D eigenvalue weighted by molar-refractivity contribution is -0.139. The molecule has 0 aliphatic rings. The SMILES string of the molecule is CC(CCCBr)(C(=O)O)S(=O)(=O)c1ccccc1. The van der Waals surface area contributed by atoms with Gasteiger partial charge in [0.15, 0.2) is 14.6 Å². The lowest BCUT2D eigenvalue weighted by Crippen LogP contribution is -2.43. The molecule has 0 aromatic heterocycles. The highest BCUT2D eigenvalue weighted by Crippen LogP contribution is 2.30. The Hall–Kier alpha value is -0.880. The molecule has 1 atom stereocenters. The fourth-order valence-electron chi connectivity index (χ4n) is 1.62. The average molecular weight is 335 g/mol. The number of halogens is 1. The largest absolute Gasteiger partial charge is 0.480 e. The zero-order valence-electron chi connectivity index (χ0n) is 9.97. The van der Waals surface area contributed by atoms with Crippen LogP contribution in [0.15, 0.2) is 35.2 Å². The van der Waals surface area contributed by atoms with Crippen LogP contribution >= 0.6 is 15.9 Å². The minimum Gasteiger partial charge on any atom is -0.480 e. The van der Waals surface area contributed by atoms with Crippen LogP contribution in [0.1, 0.15) is 19.8 Å². The normalized spacial score (nSPS) is 15.0. The molecule has 0 amide bonds. The average Bonchev–Trinajstić information content (AvgIpc) is 2.36. The van der Waals surface area contributed by atoms with Gasteiger partial charge in [-0.2, -0.15) is 0 Å². The molecule has 1 aromatic rings. The van der Waals surface area contributed by atoms with Crippen molar-refractivity contribution in [2.75, 3.05) is 5.33 Å². The van der Waals surface area contributed by atoms with E-state index in [2.05, 4.69) is 15.9 Å². The molecule has 1 rings (SSSR count). The van der Waals surface area contributed by atoms with Crippen LogP contribution in [0.5, 0.6) is 0 Å². The molecular weight excluding hydrogens is 320 g/mol. The van der Waals surface area contributed by atoms with Crippen LogP contribution in [0.4, 0.5) is 0 Å². The van der Waals surface area contributed by atoms with E-state index in [0.29, 0.717) is 11.8 Å². The molecule has 0 aliphatic heterocycles. The maximum absolute atomic E-state index is 12.4. The van der Waals surface area contributed by atoms with Crippen LogP contribution in [0.25, 0.3) is 0 Å². The van der Waals surface area contributed by atoms with Gasteiger partial charge in [0.1, 0.15) is 0 Å². The van der Waals surface area contributed by atoms with Crippen molar-refractivity contribution in [3.05, 3.63) is 30.3 Å². The van der Waals surface area contributed by atoms with Crippen LogP contribution in [0.3, 0.4) is 0 Å². The molecule has 1 N–H and O–H groups in total. The zero-order chi connectivity index (χ0) is 13.8. The third kappa shape index (κ3) is 2.75. The van der Waals surface area contributed by atoms with Crippen molar-refractivity contribution < 1.29 is 18.3 Å². The van der Waals surface area contributed by atoms with E-state index in [1.165, 1.54) is 19.1 Å². The molecule has 0 saturated carbocycles. The van der Waals surface area contributed by atoms with Gasteiger partial charge in [-0.25, -0.2) is 8.42 Å². The number of hydrogen-bond acceptors (Lipinski definition) is 3. The van der Waals surface area contributed by atoms with Crippen LogP contribution in [0, 0.1) is 0 Å². The summed E-state index contributed by atoms with van der Waals surface area (Å²) < 4.78 is 23.0. The first-order chi connectivity index (χ1) is 8.36. The second-order valence-corrected chi connectivity index (χ2v) is 7.32. The highest BCUT2D eigenvalue weighted by molar-refractivity contribution is 9.09. The van der Waals surface area contributed by atoms with Gasteiger partial charge in [-0.3, -0.25) is 4.79 Å². The number of rotatable bonds is 6. The molecule has 0 spiro atoms. The molecule has 6 heteroatoms. The summed E-state index contributed by atoms with van der Waals surface area (Å²) in [5.41, 5.74) is 0. The van der Waals surface area contributed by atoms with Crippen LogP contribution in [0.2, 0.25) is 0 Å². The van der Waals surface area contributed by atoms with Crippen LogP contribution < -0.4 is 0 Å². The summed E-state index contributed by atoms with van der Waals surface area (Å²) in [6, 6.07) is 7.70. The van der Waals surface area contributed by atoms with E-state index in [-0.39, 0.29) is 11.3 Å². The molecule has 1 unspecified atom stereocenters. The van der Waals surface area contributed by atoms with Gasteiger partial charge in [0.2, 0.25) is 0 Å². The summed E-state index contributed by atoms with van der Waals surface area (Å²) in [5.74, 6) is -1.31. The van der Waals surface area contributed by atoms with Gasteiger partial charge in [-0.05, 0) is 31.9 Å². The number of aliphatic carboxylic acids is 1. The summed E-state index contributed by atoms with van der Waals surface area (Å²) in [7, 11) is -3.89. The molecule has 18 heavy (non-hydrogen) atoms. The number of benzene rings is 1. The third-order valence-corrected chi connectivity index (χ3v) is 5.90. The molecule has 0 saturated heterocycles. The molecule has 0 aliphatic carbocycles. The first-order valence-corrected chi connectivity index (χ1v) is 8.06. The number of alkyl halides is 1. The number of carbonyl (C=O) groups is 1. The summed E-state index contributed by atoms with van der Waals surface area (Å²) in [5, 5.41) is 9.83. The van der Waals surface area contributed by atoms with Crippen molar-refractivity contribution in [1.82, 2.24) is 0 Å². The molecule has 0 bridgehead atoms. The predicted octanol–water partition coefficient (Wildman–Crippen LogP) is 2.48. The van der Waals surface area contributed by atoms with Crippen molar-refractivity contribution in [1.29, 1.82) is 0 Å². The monoisotopic (exact) mass is 334 g/mol. The standard InChI is InChI=1S/C12H15BrO4S/c1-12(11(14)15,8-5-9-13)18(16,17)10-6-3-2-4-7-10/h2-4,6-7H,5,8-9H2,1H3,(H,14,15). The smallest absolute Gasteiger partial charge is 0.325 e. The zero-order valence-corrected chi connectivity index (χ0v) is 12.4. The maximum atomic E-state index is 12.4. The van der Waals surface area contributed by atoms with Gasteiger partial charge in [0.05, 0.1) is 4.90 Å². The molecule has 0 fully saturated rings. The Morgan fingerprint density at radius 3 is 2.33 bits per heavy atom. The van der Waals surface area contributed by atoms with E-state index in [9.17, 15) is 18.3 Å². The van der Waals surface area contributed by atoms with Crippen molar-refractivity contribution in [3.8, 4) is 0 Å². The maximum Gasteiger partial charge on any atom is 0.325 e. The van der Waals surface area contributed by atoms with Crippen molar-refractivity contribution in [2.45, 2.75) is 29.4 Å². The summed E-state index contributed by atoms with van der Waals surface area (Å²) in [6.45, 7) is 1.26. The molecule has 100 valence electrons. The Labute approximate surface area is 115 Å². The lowest BCUT2D eigenvalue weighted by atomic mass is 10.1. The van der Waals surface area contributed by atoms with E-state index >= 15 is 0 Å². The number of carboxylic acid groups (broad SMARTS) is 1. The Kier molecular flexibility index (Phi) is 4.92. The molecular formula is C12H15BrO4S. The lowest BCUT2D eigenvalue weighted by Gasteiger charge is -2.24.